The number of amides is 1. The van der Waals surface area contributed by atoms with Crippen molar-refractivity contribution in [2.45, 2.75) is 38.8 Å². The molecule has 1 aliphatic heterocycles. The molecule has 0 saturated carbocycles. The lowest BCUT2D eigenvalue weighted by Crippen LogP contribution is -2.44. The van der Waals surface area contributed by atoms with Gasteiger partial charge in [-0.25, -0.2) is 4.98 Å². The number of likely N-dealkylation sites (tertiary alicyclic amines) is 1. The highest BCUT2D eigenvalue weighted by atomic mass is 35.5. The number of thiophene rings is 1. The summed E-state index contributed by atoms with van der Waals surface area (Å²) in [6.07, 6.45) is 2.88. The zero-order chi connectivity index (χ0) is 23.5. The third-order valence-electron chi connectivity index (χ3n) is 6.45. The van der Waals surface area contributed by atoms with E-state index in [0.29, 0.717) is 10.6 Å². The Bertz CT molecular complexity index is 1300. The third-order valence-corrected chi connectivity index (χ3v) is 7.94. The Morgan fingerprint density at radius 2 is 1.88 bits per heavy atom. The number of carbonyl (C=O) groups is 1. The third kappa shape index (κ3) is 5.17. The van der Waals surface area contributed by atoms with E-state index in [1.54, 1.807) is 11.3 Å². The maximum absolute atomic E-state index is 13.5. The quantitative estimate of drug-likeness (QED) is 0.333. The van der Waals surface area contributed by atoms with Crippen LogP contribution in [-0.2, 0) is 13.0 Å². The van der Waals surface area contributed by atoms with Crippen molar-refractivity contribution in [3.63, 3.8) is 0 Å². The number of aromatic nitrogens is 1. The zero-order valence-electron chi connectivity index (χ0n) is 19.3. The van der Waals surface area contributed by atoms with Crippen LogP contribution in [0.4, 0.5) is 0 Å². The van der Waals surface area contributed by atoms with E-state index in [2.05, 4.69) is 53.5 Å². The Balaban J connectivity index is 1.34. The highest BCUT2D eigenvalue weighted by Gasteiger charge is 2.23. The molecular weight excluding hydrogens is 462 g/mol. The molecule has 0 bridgehead atoms. The van der Waals surface area contributed by atoms with Gasteiger partial charge in [-0.2, -0.15) is 0 Å². The van der Waals surface area contributed by atoms with E-state index >= 15 is 0 Å². The first-order chi connectivity index (χ1) is 16.6. The van der Waals surface area contributed by atoms with Gasteiger partial charge < -0.3 is 5.32 Å². The van der Waals surface area contributed by atoms with Gasteiger partial charge in [0.1, 0.15) is 0 Å². The van der Waals surface area contributed by atoms with Crippen LogP contribution in [0.15, 0.2) is 66.7 Å². The summed E-state index contributed by atoms with van der Waals surface area (Å²) >= 11 is 8.01. The lowest BCUT2D eigenvalue weighted by atomic mass is 10.0. The maximum Gasteiger partial charge on any atom is 0.252 e. The number of benzene rings is 2. The standard InChI is InChI=1S/C28H28ClN3OS/c1-2-22-9-11-27(34-22)26-17-24(23-16-20(29)8-10-25(23)31-26)28(33)30-21-12-14-32(15-13-21)18-19-6-4-3-5-7-19/h3-11,16-17,21H,2,12-15,18H2,1H3,(H,30,33). The Kier molecular flexibility index (Phi) is 6.95. The smallest absolute Gasteiger partial charge is 0.252 e. The Hall–Kier alpha value is -2.73. The second kappa shape index (κ2) is 10.3. The molecule has 2 aromatic heterocycles. The SMILES string of the molecule is CCc1ccc(-c2cc(C(=O)NC3CCN(Cc4ccccc4)CC3)c3cc(Cl)ccc3n2)s1. The first-order valence-corrected chi connectivity index (χ1v) is 13.0. The molecule has 1 aliphatic rings. The minimum Gasteiger partial charge on any atom is -0.349 e. The monoisotopic (exact) mass is 489 g/mol. The molecule has 0 atom stereocenters. The Morgan fingerprint density at radius 1 is 1.09 bits per heavy atom. The number of hydrogen-bond donors (Lipinski definition) is 1. The van der Waals surface area contributed by atoms with Crippen molar-refractivity contribution in [3.05, 3.63) is 87.8 Å². The van der Waals surface area contributed by atoms with E-state index in [0.717, 1.165) is 60.4 Å². The molecule has 5 rings (SSSR count). The highest BCUT2D eigenvalue weighted by Crippen LogP contribution is 2.31. The average Bonchev–Trinajstić information content (AvgIpc) is 3.35. The molecule has 174 valence electrons. The first-order valence-electron chi connectivity index (χ1n) is 11.9. The molecule has 1 N–H and O–H groups in total. The molecule has 4 nitrogen and oxygen atoms in total. The number of piperidine rings is 1. The summed E-state index contributed by atoms with van der Waals surface area (Å²) in [6.45, 7) is 5.06. The lowest BCUT2D eigenvalue weighted by molar-refractivity contribution is 0.0910. The summed E-state index contributed by atoms with van der Waals surface area (Å²) in [5, 5.41) is 4.69. The van der Waals surface area contributed by atoms with Gasteiger partial charge in [0, 0.05) is 41.0 Å². The van der Waals surface area contributed by atoms with E-state index in [1.807, 2.05) is 30.3 Å². The van der Waals surface area contributed by atoms with Crippen LogP contribution in [-0.4, -0.2) is 34.9 Å². The van der Waals surface area contributed by atoms with Crippen molar-refractivity contribution in [2.75, 3.05) is 13.1 Å². The van der Waals surface area contributed by atoms with E-state index < -0.39 is 0 Å². The first kappa shape index (κ1) is 23.0. The van der Waals surface area contributed by atoms with Crippen molar-refractivity contribution in [1.29, 1.82) is 0 Å². The van der Waals surface area contributed by atoms with E-state index in [-0.39, 0.29) is 11.9 Å². The maximum atomic E-state index is 13.5. The van der Waals surface area contributed by atoms with Gasteiger partial charge in [0.15, 0.2) is 0 Å². The van der Waals surface area contributed by atoms with Gasteiger partial charge in [0.05, 0.1) is 21.7 Å². The Labute approximate surface area is 209 Å². The molecule has 0 aliphatic carbocycles. The number of hydrogen-bond acceptors (Lipinski definition) is 4. The number of aryl methyl sites for hydroxylation is 1. The minimum absolute atomic E-state index is 0.0512. The van der Waals surface area contributed by atoms with E-state index in [4.69, 9.17) is 16.6 Å². The number of rotatable bonds is 6. The normalized spacial score (nSPS) is 15.0. The second-order valence-corrected chi connectivity index (χ2v) is 10.5. The van der Waals surface area contributed by atoms with Crippen LogP contribution < -0.4 is 5.32 Å². The van der Waals surface area contributed by atoms with Gasteiger partial charge in [0.2, 0.25) is 0 Å². The fraction of sp³-hybridized carbons (Fsp3) is 0.286. The molecule has 2 aromatic carbocycles. The fourth-order valence-electron chi connectivity index (χ4n) is 4.56. The second-order valence-electron chi connectivity index (χ2n) is 8.85. The van der Waals surface area contributed by atoms with Crippen LogP contribution >= 0.6 is 22.9 Å². The van der Waals surface area contributed by atoms with E-state index in [1.165, 1.54) is 10.4 Å². The van der Waals surface area contributed by atoms with Crippen LogP contribution in [0, 0.1) is 0 Å². The van der Waals surface area contributed by atoms with Crippen LogP contribution in [0.5, 0.6) is 0 Å². The van der Waals surface area contributed by atoms with Gasteiger partial charge in [-0.1, -0.05) is 48.9 Å². The molecule has 0 spiro atoms. The van der Waals surface area contributed by atoms with Gasteiger partial charge in [0.25, 0.3) is 5.91 Å². The summed E-state index contributed by atoms with van der Waals surface area (Å²) in [7, 11) is 0. The molecule has 4 aromatic rings. The van der Waals surface area contributed by atoms with Crippen LogP contribution in [0.1, 0.15) is 40.6 Å². The molecule has 0 unspecified atom stereocenters. The van der Waals surface area contributed by atoms with Gasteiger partial charge >= 0.3 is 0 Å². The molecule has 1 amide bonds. The predicted molar refractivity (Wildman–Crippen MR) is 142 cm³/mol. The molecule has 1 saturated heterocycles. The number of carbonyl (C=O) groups excluding carboxylic acids is 1. The summed E-state index contributed by atoms with van der Waals surface area (Å²) in [5.41, 5.74) is 3.59. The summed E-state index contributed by atoms with van der Waals surface area (Å²) in [4.78, 5) is 23.1. The summed E-state index contributed by atoms with van der Waals surface area (Å²) in [5.74, 6) is -0.0512. The van der Waals surface area contributed by atoms with Crippen LogP contribution in [0.2, 0.25) is 5.02 Å². The van der Waals surface area contributed by atoms with Crippen LogP contribution in [0.3, 0.4) is 0 Å². The van der Waals surface area contributed by atoms with Crippen molar-refractivity contribution in [3.8, 4) is 10.6 Å². The molecular formula is C28H28ClN3OS. The topological polar surface area (TPSA) is 45.2 Å². The Morgan fingerprint density at radius 3 is 2.62 bits per heavy atom. The number of halogens is 1. The van der Waals surface area contributed by atoms with Gasteiger partial charge in [-0.3, -0.25) is 9.69 Å². The van der Waals surface area contributed by atoms with Crippen molar-refractivity contribution < 1.29 is 4.79 Å². The fourth-order valence-corrected chi connectivity index (χ4v) is 5.64. The summed E-state index contributed by atoms with van der Waals surface area (Å²) in [6, 6.07) is 22.4. The number of nitrogens with zero attached hydrogens (tertiary/aromatic N) is 2. The number of nitrogens with one attached hydrogen (secondary N) is 1. The molecule has 34 heavy (non-hydrogen) atoms. The van der Waals surface area contributed by atoms with Crippen molar-refractivity contribution in [2.24, 2.45) is 0 Å². The molecule has 6 heteroatoms. The molecule has 3 heterocycles. The largest absolute Gasteiger partial charge is 0.349 e. The highest BCUT2D eigenvalue weighted by molar-refractivity contribution is 7.15. The van der Waals surface area contributed by atoms with Gasteiger partial charge in [-0.15, -0.1) is 11.3 Å². The minimum atomic E-state index is -0.0512. The number of fused-ring (bicyclic) bond motifs is 1. The summed E-state index contributed by atoms with van der Waals surface area (Å²) < 4.78 is 0. The number of pyridine rings is 1. The van der Waals surface area contributed by atoms with Gasteiger partial charge in [-0.05, 0) is 61.2 Å². The zero-order valence-corrected chi connectivity index (χ0v) is 20.8. The molecule has 0 radical (unpaired) electrons. The molecule has 1 fully saturated rings. The van der Waals surface area contributed by atoms with Crippen molar-refractivity contribution >= 4 is 39.7 Å². The van der Waals surface area contributed by atoms with E-state index in [9.17, 15) is 4.79 Å². The average molecular weight is 490 g/mol. The predicted octanol–water partition coefficient (Wildman–Crippen LogP) is 6.57. The lowest BCUT2D eigenvalue weighted by Gasteiger charge is -2.32. The van der Waals surface area contributed by atoms with Crippen molar-refractivity contribution in [1.82, 2.24) is 15.2 Å². The van der Waals surface area contributed by atoms with Crippen LogP contribution in [0.25, 0.3) is 21.5 Å².